The van der Waals surface area contributed by atoms with Crippen molar-refractivity contribution < 1.29 is 9.90 Å². The summed E-state index contributed by atoms with van der Waals surface area (Å²) in [4.78, 5) is 11.3. The topological polar surface area (TPSA) is 42.2 Å². The smallest absolute Gasteiger partial charge is 0.337 e. The van der Waals surface area contributed by atoms with Crippen LogP contribution in [-0.4, -0.2) is 15.6 Å². The van der Waals surface area contributed by atoms with Gasteiger partial charge in [-0.05, 0) is 25.0 Å². The number of hydrogen-bond acceptors (Lipinski definition) is 1. The van der Waals surface area contributed by atoms with Crippen LogP contribution in [-0.2, 0) is 0 Å². The van der Waals surface area contributed by atoms with E-state index in [1.165, 1.54) is 12.8 Å². The molecule has 1 fully saturated rings. The SMILES string of the molecule is O=C(O)c1cn(C2CCCC2)c2cccc(Cl)c12. The van der Waals surface area contributed by atoms with E-state index >= 15 is 0 Å². The number of fused-ring (bicyclic) bond motifs is 1. The number of aromatic nitrogens is 1. The van der Waals surface area contributed by atoms with Gasteiger partial charge in [-0.1, -0.05) is 30.5 Å². The van der Waals surface area contributed by atoms with Crippen LogP contribution in [0.5, 0.6) is 0 Å². The molecule has 0 atom stereocenters. The molecule has 0 amide bonds. The number of rotatable bonds is 2. The molecule has 94 valence electrons. The summed E-state index contributed by atoms with van der Waals surface area (Å²) >= 11 is 6.15. The predicted molar refractivity (Wildman–Crippen MR) is 71.4 cm³/mol. The first-order valence-corrected chi connectivity index (χ1v) is 6.58. The fraction of sp³-hybridized carbons (Fsp3) is 0.357. The highest BCUT2D eigenvalue weighted by Gasteiger charge is 2.23. The Bertz CT molecular complexity index is 612. The first-order chi connectivity index (χ1) is 8.68. The zero-order valence-electron chi connectivity index (χ0n) is 9.90. The Balaban J connectivity index is 2.26. The van der Waals surface area contributed by atoms with E-state index in [0.717, 1.165) is 18.4 Å². The van der Waals surface area contributed by atoms with Gasteiger partial charge in [-0.25, -0.2) is 4.79 Å². The van der Waals surface area contributed by atoms with Crippen molar-refractivity contribution in [3.63, 3.8) is 0 Å². The summed E-state index contributed by atoms with van der Waals surface area (Å²) in [6.07, 6.45) is 6.42. The van der Waals surface area contributed by atoms with Crippen molar-refractivity contribution in [2.45, 2.75) is 31.7 Å². The van der Waals surface area contributed by atoms with Gasteiger partial charge in [0.15, 0.2) is 0 Å². The minimum absolute atomic E-state index is 0.308. The van der Waals surface area contributed by atoms with Crippen molar-refractivity contribution in [2.24, 2.45) is 0 Å². The van der Waals surface area contributed by atoms with Crippen LogP contribution in [0.3, 0.4) is 0 Å². The molecule has 18 heavy (non-hydrogen) atoms. The molecule has 0 spiro atoms. The summed E-state index contributed by atoms with van der Waals surface area (Å²) < 4.78 is 2.09. The molecule has 2 aromatic rings. The molecule has 0 unspecified atom stereocenters. The number of carboxylic acid groups (broad SMARTS) is 1. The molecule has 1 aromatic carbocycles. The summed E-state index contributed by atoms with van der Waals surface area (Å²) in [5.41, 5.74) is 1.24. The molecule has 0 aliphatic heterocycles. The van der Waals surface area contributed by atoms with E-state index in [2.05, 4.69) is 4.57 Å². The first kappa shape index (κ1) is 11.6. The molecule has 3 nitrogen and oxygen atoms in total. The lowest BCUT2D eigenvalue weighted by atomic mass is 10.2. The van der Waals surface area contributed by atoms with Crippen LogP contribution >= 0.6 is 11.6 Å². The second kappa shape index (κ2) is 4.32. The van der Waals surface area contributed by atoms with E-state index in [1.54, 1.807) is 12.3 Å². The molecule has 1 aromatic heterocycles. The number of halogens is 1. The normalized spacial score (nSPS) is 16.5. The number of nitrogens with zero attached hydrogens (tertiary/aromatic N) is 1. The minimum Gasteiger partial charge on any atom is -0.478 e. The first-order valence-electron chi connectivity index (χ1n) is 6.21. The van der Waals surface area contributed by atoms with Gasteiger partial charge in [0.25, 0.3) is 0 Å². The van der Waals surface area contributed by atoms with Gasteiger partial charge in [-0.2, -0.15) is 0 Å². The van der Waals surface area contributed by atoms with Crippen LogP contribution in [0.15, 0.2) is 24.4 Å². The molecule has 1 heterocycles. The van der Waals surface area contributed by atoms with Gasteiger partial charge in [0.1, 0.15) is 0 Å². The van der Waals surface area contributed by atoms with E-state index < -0.39 is 5.97 Å². The standard InChI is InChI=1S/C14H14ClNO2/c15-11-6-3-7-12-13(11)10(14(17)18)8-16(12)9-4-1-2-5-9/h3,6-9H,1-2,4-5H2,(H,17,18). The van der Waals surface area contributed by atoms with Crippen molar-refractivity contribution in [1.82, 2.24) is 4.57 Å². The lowest BCUT2D eigenvalue weighted by Gasteiger charge is -2.13. The van der Waals surface area contributed by atoms with Gasteiger partial charge >= 0.3 is 5.97 Å². The van der Waals surface area contributed by atoms with Gasteiger partial charge in [0.2, 0.25) is 0 Å². The third kappa shape index (κ3) is 1.70. The fourth-order valence-electron chi connectivity index (χ4n) is 2.91. The minimum atomic E-state index is -0.912. The Morgan fingerprint density at radius 2 is 2.06 bits per heavy atom. The quantitative estimate of drug-likeness (QED) is 0.886. The van der Waals surface area contributed by atoms with E-state index in [9.17, 15) is 9.90 Å². The van der Waals surface area contributed by atoms with Crippen molar-refractivity contribution >= 4 is 28.5 Å². The lowest BCUT2D eigenvalue weighted by molar-refractivity contribution is 0.0698. The van der Waals surface area contributed by atoms with Crippen LogP contribution in [0.25, 0.3) is 10.9 Å². The Labute approximate surface area is 110 Å². The maximum Gasteiger partial charge on any atom is 0.337 e. The highest BCUT2D eigenvalue weighted by molar-refractivity contribution is 6.36. The van der Waals surface area contributed by atoms with Gasteiger partial charge in [-0.15, -0.1) is 0 Å². The number of benzene rings is 1. The van der Waals surface area contributed by atoms with E-state index in [-0.39, 0.29) is 0 Å². The molecule has 1 aliphatic rings. The van der Waals surface area contributed by atoms with Crippen molar-refractivity contribution in [1.29, 1.82) is 0 Å². The van der Waals surface area contributed by atoms with Gasteiger partial charge in [0.05, 0.1) is 16.1 Å². The molecular formula is C14H14ClNO2. The Hall–Kier alpha value is -1.48. The third-order valence-corrected chi connectivity index (χ3v) is 4.07. The summed E-state index contributed by atoms with van der Waals surface area (Å²) in [5, 5.41) is 10.5. The summed E-state index contributed by atoms with van der Waals surface area (Å²) in [5.74, 6) is -0.912. The Morgan fingerprint density at radius 3 is 2.72 bits per heavy atom. The van der Waals surface area contributed by atoms with E-state index in [1.807, 2.05) is 12.1 Å². The van der Waals surface area contributed by atoms with E-state index in [4.69, 9.17) is 11.6 Å². The zero-order chi connectivity index (χ0) is 12.7. The van der Waals surface area contributed by atoms with Gasteiger partial charge in [-0.3, -0.25) is 0 Å². The Morgan fingerprint density at radius 1 is 1.33 bits per heavy atom. The molecule has 3 rings (SSSR count). The number of hydrogen-bond donors (Lipinski definition) is 1. The van der Waals surface area contributed by atoms with Crippen LogP contribution in [0.1, 0.15) is 42.1 Å². The number of carbonyl (C=O) groups is 1. The molecule has 0 radical (unpaired) electrons. The maximum atomic E-state index is 11.3. The summed E-state index contributed by atoms with van der Waals surface area (Å²) in [7, 11) is 0. The average Bonchev–Trinajstić information content (AvgIpc) is 2.95. The molecule has 4 heteroatoms. The molecule has 0 bridgehead atoms. The van der Waals surface area contributed by atoms with Crippen molar-refractivity contribution in [2.75, 3.05) is 0 Å². The lowest BCUT2D eigenvalue weighted by Crippen LogP contribution is -2.03. The highest BCUT2D eigenvalue weighted by atomic mass is 35.5. The maximum absolute atomic E-state index is 11.3. The van der Waals surface area contributed by atoms with E-state index in [0.29, 0.717) is 22.0 Å². The molecule has 1 saturated carbocycles. The van der Waals surface area contributed by atoms with Crippen LogP contribution < -0.4 is 0 Å². The van der Waals surface area contributed by atoms with Gasteiger partial charge < -0.3 is 9.67 Å². The third-order valence-electron chi connectivity index (χ3n) is 3.76. The molecule has 1 N–H and O–H groups in total. The zero-order valence-corrected chi connectivity index (χ0v) is 10.7. The van der Waals surface area contributed by atoms with Gasteiger partial charge in [0, 0.05) is 17.6 Å². The number of carboxylic acids is 1. The summed E-state index contributed by atoms with van der Waals surface area (Å²) in [6, 6.07) is 5.99. The fourth-order valence-corrected chi connectivity index (χ4v) is 3.19. The Kier molecular flexibility index (Phi) is 2.78. The average molecular weight is 264 g/mol. The van der Waals surface area contributed by atoms with Crippen molar-refractivity contribution in [3.05, 3.63) is 35.0 Å². The molecule has 0 saturated heterocycles. The molecule has 1 aliphatic carbocycles. The second-order valence-electron chi connectivity index (χ2n) is 4.83. The number of aromatic carboxylic acids is 1. The highest BCUT2D eigenvalue weighted by Crippen LogP contribution is 2.36. The van der Waals surface area contributed by atoms with Crippen LogP contribution in [0.4, 0.5) is 0 Å². The van der Waals surface area contributed by atoms with Crippen molar-refractivity contribution in [3.8, 4) is 0 Å². The van der Waals surface area contributed by atoms with Crippen LogP contribution in [0, 0.1) is 0 Å². The second-order valence-corrected chi connectivity index (χ2v) is 5.23. The van der Waals surface area contributed by atoms with Crippen LogP contribution in [0.2, 0.25) is 5.02 Å². The molecular weight excluding hydrogens is 250 g/mol. The monoisotopic (exact) mass is 263 g/mol. The summed E-state index contributed by atoms with van der Waals surface area (Å²) in [6.45, 7) is 0. The largest absolute Gasteiger partial charge is 0.478 e. The predicted octanol–water partition coefficient (Wildman–Crippen LogP) is 4.11.